The number of halogens is 4. The first-order valence-corrected chi connectivity index (χ1v) is 12.5. The lowest BCUT2D eigenvalue weighted by Gasteiger charge is -2.32. The number of nitriles is 1. The van der Waals surface area contributed by atoms with Gasteiger partial charge in [0.25, 0.3) is 0 Å². The summed E-state index contributed by atoms with van der Waals surface area (Å²) in [4.78, 5) is 34.5. The minimum Gasteiger partial charge on any atom is -0.384 e. The molecule has 0 radical (unpaired) electrons. The zero-order valence-corrected chi connectivity index (χ0v) is 22.0. The van der Waals surface area contributed by atoms with E-state index in [4.69, 9.17) is 11.0 Å². The largest absolute Gasteiger partial charge is 0.384 e. The fourth-order valence-corrected chi connectivity index (χ4v) is 4.57. The predicted octanol–water partition coefficient (Wildman–Crippen LogP) is 5.19. The van der Waals surface area contributed by atoms with Crippen LogP contribution in [0.15, 0.2) is 47.8 Å². The quantitative estimate of drug-likeness (QED) is 0.224. The van der Waals surface area contributed by atoms with Crippen LogP contribution in [-0.2, 0) is 10.8 Å². The summed E-state index contributed by atoms with van der Waals surface area (Å²) in [5.74, 6) is -7.11. The molecule has 1 aromatic heterocycles. The van der Waals surface area contributed by atoms with Crippen molar-refractivity contribution in [1.29, 1.82) is 5.26 Å². The van der Waals surface area contributed by atoms with E-state index >= 15 is 4.39 Å². The van der Waals surface area contributed by atoms with Crippen LogP contribution >= 0.6 is 0 Å². The van der Waals surface area contributed by atoms with Gasteiger partial charge >= 0.3 is 11.9 Å². The van der Waals surface area contributed by atoms with Gasteiger partial charge in [-0.2, -0.15) is 14.0 Å². The molecule has 3 N–H and O–H groups in total. The van der Waals surface area contributed by atoms with E-state index in [1.165, 1.54) is 12.1 Å². The van der Waals surface area contributed by atoms with Gasteiger partial charge in [0.2, 0.25) is 0 Å². The first-order chi connectivity index (χ1) is 19.3. The second-order valence-electron chi connectivity index (χ2n) is 10.2. The lowest BCUT2D eigenvalue weighted by molar-refractivity contribution is -0.168. The molecule has 0 atom stereocenters. The van der Waals surface area contributed by atoms with E-state index in [2.05, 4.69) is 15.2 Å². The topological polar surface area (TPSA) is 142 Å². The normalized spacial score (nSPS) is 14.5. The SMILES string of the molecule is CC(C)(O)C(F)(F)c1ccc(-c2c(C(=O)ON=O)cc(N3CCC(N)CC3)nc2-c2ccc(C#N)c(F)c2)c(F)c1. The van der Waals surface area contributed by atoms with E-state index < -0.39 is 45.8 Å². The smallest absolute Gasteiger partial charge is 0.370 e. The molecule has 2 heterocycles. The Labute approximate surface area is 232 Å². The molecule has 0 unspecified atom stereocenters. The fourth-order valence-electron chi connectivity index (χ4n) is 4.57. The van der Waals surface area contributed by atoms with Crippen LogP contribution in [0.25, 0.3) is 22.4 Å². The standard InChI is InChI=1S/C28H25F4N5O4/c1-27(2,39)28(31,32)17-5-6-19(22(30)12-17)24-20(26(38)41-36-40)13-23(37-9-7-18(34)8-10-37)35-25(24)15-3-4-16(14-33)21(29)11-15/h3-6,11-13,18,39H,7-10,34H2,1-2H3. The number of rotatable bonds is 7. The van der Waals surface area contributed by atoms with E-state index in [9.17, 15) is 28.0 Å². The number of pyridine rings is 1. The molecule has 2 aromatic carbocycles. The third-order valence-electron chi connectivity index (χ3n) is 6.94. The zero-order chi connectivity index (χ0) is 30.1. The van der Waals surface area contributed by atoms with Gasteiger partial charge in [-0.05, 0) is 51.0 Å². The Hall–Kier alpha value is -4.41. The van der Waals surface area contributed by atoms with Crippen LogP contribution < -0.4 is 10.6 Å². The van der Waals surface area contributed by atoms with Crippen molar-refractivity contribution in [3.63, 3.8) is 0 Å². The Balaban J connectivity index is 2.02. The Morgan fingerprint density at radius 1 is 1.15 bits per heavy atom. The Morgan fingerprint density at radius 3 is 2.39 bits per heavy atom. The summed E-state index contributed by atoms with van der Waals surface area (Å²) >= 11 is 0. The maximum absolute atomic E-state index is 15.7. The number of aliphatic hydroxyl groups is 1. The second kappa shape index (κ2) is 11.2. The minimum absolute atomic E-state index is 0.0190. The molecule has 4 rings (SSSR count). The van der Waals surface area contributed by atoms with Gasteiger partial charge in [-0.3, -0.25) is 4.84 Å². The van der Waals surface area contributed by atoms with Gasteiger partial charge in [-0.15, -0.1) is 4.91 Å². The molecular formula is C28H25F4N5O4. The van der Waals surface area contributed by atoms with Crippen molar-refractivity contribution in [1.82, 2.24) is 4.98 Å². The van der Waals surface area contributed by atoms with Crippen LogP contribution in [0, 0.1) is 27.9 Å². The molecule has 9 nitrogen and oxygen atoms in total. The molecule has 1 saturated heterocycles. The summed E-state index contributed by atoms with van der Waals surface area (Å²) in [6, 6.07) is 8.64. The van der Waals surface area contributed by atoms with Crippen molar-refractivity contribution in [2.75, 3.05) is 18.0 Å². The summed E-state index contributed by atoms with van der Waals surface area (Å²) in [5.41, 5.74) is 1.10. The predicted molar refractivity (Wildman–Crippen MR) is 141 cm³/mol. The van der Waals surface area contributed by atoms with Crippen molar-refractivity contribution in [2.24, 2.45) is 11.1 Å². The van der Waals surface area contributed by atoms with Crippen LogP contribution in [0.3, 0.4) is 0 Å². The van der Waals surface area contributed by atoms with E-state index in [0.717, 1.165) is 38.1 Å². The van der Waals surface area contributed by atoms with Gasteiger partial charge in [-0.25, -0.2) is 18.6 Å². The summed E-state index contributed by atoms with van der Waals surface area (Å²) in [6.45, 7) is 2.61. The van der Waals surface area contributed by atoms with Crippen molar-refractivity contribution in [2.45, 2.75) is 44.3 Å². The Bertz CT molecular complexity index is 1540. The van der Waals surface area contributed by atoms with Crippen LogP contribution in [-0.4, -0.2) is 40.8 Å². The van der Waals surface area contributed by atoms with Crippen molar-refractivity contribution in [3.05, 3.63) is 75.7 Å². The van der Waals surface area contributed by atoms with E-state index in [0.29, 0.717) is 32.0 Å². The van der Waals surface area contributed by atoms with Gasteiger partial charge in [0, 0.05) is 41.4 Å². The zero-order valence-electron chi connectivity index (χ0n) is 22.0. The maximum atomic E-state index is 15.7. The van der Waals surface area contributed by atoms with Crippen molar-refractivity contribution >= 4 is 11.8 Å². The third kappa shape index (κ3) is 5.75. The van der Waals surface area contributed by atoms with E-state index in [1.54, 1.807) is 11.0 Å². The van der Waals surface area contributed by atoms with Gasteiger partial charge in [0.05, 0.1) is 16.8 Å². The van der Waals surface area contributed by atoms with Crippen LogP contribution in [0.4, 0.5) is 23.4 Å². The average molecular weight is 572 g/mol. The molecule has 0 spiro atoms. The average Bonchev–Trinajstić information content (AvgIpc) is 2.92. The minimum atomic E-state index is -3.86. The molecular weight excluding hydrogens is 546 g/mol. The molecule has 1 aliphatic heterocycles. The highest BCUT2D eigenvalue weighted by Gasteiger charge is 2.47. The summed E-state index contributed by atoms with van der Waals surface area (Å²) in [6.07, 6.45) is 1.18. The molecule has 3 aromatic rings. The molecule has 0 bridgehead atoms. The number of carbonyl (C=O) groups is 1. The highest BCUT2D eigenvalue weighted by atomic mass is 19.3. The highest BCUT2D eigenvalue weighted by molar-refractivity contribution is 6.02. The number of hydrogen-bond donors (Lipinski definition) is 2. The number of hydrogen-bond acceptors (Lipinski definition) is 9. The molecule has 0 amide bonds. The molecule has 0 saturated carbocycles. The van der Waals surface area contributed by atoms with Gasteiger partial charge < -0.3 is 15.7 Å². The van der Waals surface area contributed by atoms with Crippen LogP contribution in [0.1, 0.15) is 48.2 Å². The first kappa shape index (κ1) is 29.6. The number of alkyl halides is 2. The maximum Gasteiger partial charge on any atom is 0.370 e. The molecule has 1 aliphatic rings. The molecule has 41 heavy (non-hydrogen) atoms. The molecule has 0 aliphatic carbocycles. The summed E-state index contributed by atoms with van der Waals surface area (Å²) < 4.78 is 60.0. The summed E-state index contributed by atoms with van der Waals surface area (Å²) in [7, 11) is 0. The highest BCUT2D eigenvalue weighted by Crippen LogP contribution is 2.43. The van der Waals surface area contributed by atoms with Gasteiger partial charge in [-0.1, -0.05) is 18.2 Å². The van der Waals surface area contributed by atoms with Gasteiger partial charge in [0.15, 0.2) is 5.34 Å². The third-order valence-corrected chi connectivity index (χ3v) is 6.94. The van der Waals surface area contributed by atoms with Crippen molar-refractivity contribution in [3.8, 4) is 28.5 Å². The Morgan fingerprint density at radius 2 is 1.83 bits per heavy atom. The first-order valence-electron chi connectivity index (χ1n) is 12.5. The number of carbonyl (C=O) groups excluding carboxylic acids is 1. The van der Waals surface area contributed by atoms with Crippen molar-refractivity contribution < 1.29 is 32.3 Å². The van der Waals surface area contributed by atoms with Crippen LogP contribution in [0.5, 0.6) is 0 Å². The molecule has 214 valence electrons. The monoisotopic (exact) mass is 571 g/mol. The fraction of sp³-hybridized carbons (Fsp3) is 0.321. The van der Waals surface area contributed by atoms with Crippen LogP contribution in [0.2, 0.25) is 0 Å². The number of benzene rings is 2. The van der Waals surface area contributed by atoms with Gasteiger partial charge in [0.1, 0.15) is 29.1 Å². The molecule has 1 fully saturated rings. The Kier molecular flexibility index (Phi) is 8.10. The number of nitrogens with zero attached hydrogens (tertiary/aromatic N) is 4. The number of anilines is 1. The lowest BCUT2D eigenvalue weighted by Crippen LogP contribution is -2.40. The number of aromatic nitrogens is 1. The lowest BCUT2D eigenvalue weighted by atomic mass is 9.89. The number of nitrogens with two attached hydrogens (primary N) is 1. The van der Waals surface area contributed by atoms with E-state index in [1.807, 2.05) is 0 Å². The summed E-state index contributed by atoms with van der Waals surface area (Å²) in [5, 5.41) is 21.3. The second-order valence-corrected chi connectivity index (χ2v) is 10.2. The van der Waals surface area contributed by atoms with E-state index in [-0.39, 0.29) is 34.2 Å². The number of piperidine rings is 1. The molecule has 13 heteroatoms.